The van der Waals surface area contributed by atoms with Crippen LogP contribution in [0.1, 0.15) is 16.1 Å². The summed E-state index contributed by atoms with van der Waals surface area (Å²) in [4.78, 5) is 4.77. The number of thiazole rings is 1. The van der Waals surface area contributed by atoms with Gasteiger partial charge in [-0.25, -0.2) is 4.98 Å². The van der Waals surface area contributed by atoms with Crippen LogP contribution in [0.5, 0.6) is 0 Å². The molecule has 0 aliphatic heterocycles. The van der Waals surface area contributed by atoms with Crippen LogP contribution < -0.4 is 0 Å². The van der Waals surface area contributed by atoms with Crippen LogP contribution in [0.15, 0.2) is 58.4 Å². The average molecular weight is 344 g/mol. The normalized spacial score (nSPS) is 10.7. The second-order valence-corrected chi connectivity index (χ2v) is 6.51. The molecule has 0 aliphatic carbocycles. The highest BCUT2D eigenvalue weighted by Crippen LogP contribution is 2.29. The molecule has 0 N–H and O–H groups in total. The van der Waals surface area contributed by atoms with Crippen LogP contribution in [-0.2, 0) is 6.42 Å². The molecule has 1 nitrogen and oxygen atoms in total. The van der Waals surface area contributed by atoms with Crippen LogP contribution in [-0.4, -0.2) is 4.98 Å². The lowest BCUT2D eigenvalue weighted by molar-refractivity contribution is 1.12. The molecule has 3 aromatic rings. The van der Waals surface area contributed by atoms with Crippen molar-refractivity contribution >= 4 is 27.3 Å². The lowest BCUT2D eigenvalue weighted by Gasteiger charge is -2.02. The molecular weight excluding hydrogens is 330 g/mol. The summed E-state index contributed by atoms with van der Waals surface area (Å²) >= 11 is 5.31. The minimum absolute atomic E-state index is 0.905. The van der Waals surface area contributed by atoms with Crippen molar-refractivity contribution in [1.82, 2.24) is 4.98 Å². The van der Waals surface area contributed by atoms with Crippen molar-refractivity contribution in [2.75, 3.05) is 0 Å². The molecule has 0 fully saturated rings. The van der Waals surface area contributed by atoms with Crippen LogP contribution in [0, 0.1) is 6.92 Å². The number of benzene rings is 2. The number of halogens is 1. The van der Waals surface area contributed by atoms with Crippen molar-refractivity contribution in [3.63, 3.8) is 0 Å². The number of hydrogen-bond donors (Lipinski definition) is 0. The molecule has 0 unspecified atom stereocenters. The van der Waals surface area contributed by atoms with Crippen molar-refractivity contribution in [3.05, 3.63) is 74.5 Å². The van der Waals surface area contributed by atoms with Crippen molar-refractivity contribution in [1.29, 1.82) is 0 Å². The maximum absolute atomic E-state index is 4.77. The molecule has 100 valence electrons. The van der Waals surface area contributed by atoms with Crippen molar-refractivity contribution in [3.8, 4) is 11.3 Å². The first kappa shape index (κ1) is 13.5. The molecule has 3 heteroatoms. The Hall–Kier alpha value is -1.45. The van der Waals surface area contributed by atoms with Gasteiger partial charge in [0.1, 0.15) is 0 Å². The second-order valence-electron chi connectivity index (χ2n) is 4.71. The molecule has 0 spiro atoms. The minimum atomic E-state index is 0.905. The van der Waals surface area contributed by atoms with Crippen molar-refractivity contribution in [2.24, 2.45) is 0 Å². The minimum Gasteiger partial charge on any atom is -0.241 e. The third-order valence-electron chi connectivity index (χ3n) is 3.30. The van der Waals surface area contributed by atoms with Gasteiger partial charge in [-0.15, -0.1) is 11.3 Å². The first-order valence-electron chi connectivity index (χ1n) is 6.48. The molecule has 3 rings (SSSR count). The van der Waals surface area contributed by atoms with E-state index in [1.807, 2.05) is 12.1 Å². The van der Waals surface area contributed by atoms with Gasteiger partial charge in [0.25, 0.3) is 0 Å². The van der Waals surface area contributed by atoms with Gasteiger partial charge in [-0.05, 0) is 24.1 Å². The number of rotatable bonds is 3. The van der Waals surface area contributed by atoms with Crippen LogP contribution in [0.2, 0.25) is 0 Å². The van der Waals surface area contributed by atoms with E-state index in [4.69, 9.17) is 4.98 Å². The summed E-state index contributed by atoms with van der Waals surface area (Å²) in [6, 6.07) is 16.7. The van der Waals surface area contributed by atoms with Gasteiger partial charge >= 0.3 is 0 Å². The fourth-order valence-corrected chi connectivity index (χ4v) is 3.46. The molecule has 2 aromatic carbocycles. The van der Waals surface area contributed by atoms with Crippen molar-refractivity contribution in [2.45, 2.75) is 13.3 Å². The standard InChI is InChI=1S/C17H14BrNS/c1-12-6-2-3-7-13(12)10-17-19-16(11-20-17)14-8-4-5-9-15(14)18/h2-9,11H,10H2,1H3. The largest absolute Gasteiger partial charge is 0.241 e. The van der Waals surface area contributed by atoms with E-state index in [0.29, 0.717) is 0 Å². The predicted octanol–water partition coefficient (Wildman–Crippen LogP) is 5.47. The van der Waals surface area contributed by atoms with E-state index < -0.39 is 0 Å². The molecule has 0 aliphatic rings. The topological polar surface area (TPSA) is 12.9 Å². The third kappa shape index (κ3) is 2.84. The Labute approximate surface area is 131 Å². The summed E-state index contributed by atoms with van der Waals surface area (Å²) in [5.41, 5.74) is 4.87. The number of aryl methyl sites for hydroxylation is 1. The molecular formula is C17H14BrNS. The highest BCUT2D eigenvalue weighted by atomic mass is 79.9. The van der Waals surface area contributed by atoms with E-state index in [-0.39, 0.29) is 0 Å². The summed E-state index contributed by atoms with van der Waals surface area (Å²) in [5, 5.41) is 3.29. The highest BCUT2D eigenvalue weighted by molar-refractivity contribution is 9.10. The Balaban J connectivity index is 1.88. The second kappa shape index (κ2) is 5.90. The quantitative estimate of drug-likeness (QED) is 0.614. The molecule has 0 amide bonds. The first-order valence-corrected chi connectivity index (χ1v) is 8.15. The van der Waals surface area contributed by atoms with Crippen LogP contribution in [0.3, 0.4) is 0 Å². The fraction of sp³-hybridized carbons (Fsp3) is 0.118. The molecule has 1 heterocycles. The van der Waals surface area contributed by atoms with E-state index in [0.717, 1.165) is 27.2 Å². The molecule has 0 atom stereocenters. The summed E-state index contributed by atoms with van der Waals surface area (Å²) in [7, 11) is 0. The monoisotopic (exact) mass is 343 g/mol. The molecule has 0 saturated heterocycles. The average Bonchev–Trinajstić information content (AvgIpc) is 2.90. The Morgan fingerprint density at radius 1 is 1.05 bits per heavy atom. The molecule has 1 aromatic heterocycles. The Bertz CT molecular complexity index is 733. The highest BCUT2D eigenvalue weighted by Gasteiger charge is 2.08. The maximum atomic E-state index is 4.77. The Morgan fingerprint density at radius 3 is 2.60 bits per heavy atom. The number of nitrogens with zero attached hydrogens (tertiary/aromatic N) is 1. The molecule has 0 bridgehead atoms. The van der Waals surface area contributed by atoms with Crippen LogP contribution >= 0.6 is 27.3 Å². The zero-order valence-electron chi connectivity index (χ0n) is 11.1. The van der Waals surface area contributed by atoms with Gasteiger partial charge in [-0.3, -0.25) is 0 Å². The van der Waals surface area contributed by atoms with E-state index in [1.165, 1.54) is 11.1 Å². The zero-order valence-corrected chi connectivity index (χ0v) is 13.5. The SMILES string of the molecule is Cc1ccccc1Cc1nc(-c2ccccc2Br)cs1. The third-order valence-corrected chi connectivity index (χ3v) is 4.84. The van der Waals surface area contributed by atoms with Crippen LogP contribution in [0.4, 0.5) is 0 Å². The summed E-state index contributed by atoms with van der Waals surface area (Å²) in [6.45, 7) is 2.15. The summed E-state index contributed by atoms with van der Waals surface area (Å²) in [6.07, 6.45) is 0.905. The van der Waals surface area contributed by atoms with E-state index in [2.05, 4.69) is 64.6 Å². The van der Waals surface area contributed by atoms with Gasteiger partial charge in [-0.2, -0.15) is 0 Å². The smallest absolute Gasteiger partial charge is 0.0976 e. The van der Waals surface area contributed by atoms with E-state index in [9.17, 15) is 0 Å². The van der Waals surface area contributed by atoms with Gasteiger partial charge < -0.3 is 0 Å². The molecule has 0 saturated carbocycles. The lowest BCUT2D eigenvalue weighted by Crippen LogP contribution is -1.91. The van der Waals surface area contributed by atoms with E-state index in [1.54, 1.807) is 11.3 Å². The Morgan fingerprint density at radius 2 is 1.80 bits per heavy atom. The van der Waals surface area contributed by atoms with Gasteiger partial charge in [0, 0.05) is 21.8 Å². The van der Waals surface area contributed by atoms with Gasteiger partial charge in [-0.1, -0.05) is 58.4 Å². The summed E-state index contributed by atoms with van der Waals surface area (Å²) in [5.74, 6) is 0. The van der Waals surface area contributed by atoms with Gasteiger partial charge in [0.2, 0.25) is 0 Å². The maximum Gasteiger partial charge on any atom is 0.0976 e. The zero-order chi connectivity index (χ0) is 13.9. The van der Waals surface area contributed by atoms with Crippen molar-refractivity contribution < 1.29 is 0 Å². The first-order chi connectivity index (χ1) is 9.74. The number of hydrogen-bond acceptors (Lipinski definition) is 2. The Kier molecular flexibility index (Phi) is 3.99. The van der Waals surface area contributed by atoms with Gasteiger partial charge in [0.15, 0.2) is 0 Å². The van der Waals surface area contributed by atoms with E-state index >= 15 is 0 Å². The van der Waals surface area contributed by atoms with Gasteiger partial charge in [0.05, 0.1) is 10.7 Å². The summed E-state index contributed by atoms with van der Waals surface area (Å²) < 4.78 is 1.09. The molecule has 0 radical (unpaired) electrons. The predicted molar refractivity (Wildman–Crippen MR) is 89.2 cm³/mol. The molecule has 20 heavy (non-hydrogen) atoms. The fourth-order valence-electron chi connectivity index (χ4n) is 2.16. The number of aromatic nitrogens is 1. The lowest BCUT2D eigenvalue weighted by atomic mass is 10.1. The van der Waals surface area contributed by atoms with Crippen LogP contribution in [0.25, 0.3) is 11.3 Å².